The SMILES string of the molecule is C=CCc1c(-c2c(F)c(F)c(C(F)(F)F)c(F)c2F)ccc2c1c(=C)c(=C)c1c(C=C)c(-c3c(F)c(F)c(C(F)(F)F)c(F)c3F)ccc12. The van der Waals surface area contributed by atoms with E-state index >= 15 is 17.6 Å². The lowest BCUT2D eigenvalue weighted by Gasteiger charge is -2.20. The Morgan fingerprint density at radius 1 is 0.510 bits per heavy atom. The Kier molecular flexibility index (Phi) is 8.45. The van der Waals surface area contributed by atoms with Gasteiger partial charge in [0.2, 0.25) is 0 Å². The molecule has 5 rings (SSSR count). The Morgan fingerprint density at radius 3 is 1.27 bits per heavy atom. The first kappa shape index (κ1) is 35.2. The van der Waals surface area contributed by atoms with Crippen molar-refractivity contribution in [2.24, 2.45) is 0 Å². The molecule has 0 amide bonds. The van der Waals surface area contributed by atoms with E-state index in [1.54, 1.807) is 0 Å². The molecule has 0 heterocycles. The van der Waals surface area contributed by atoms with E-state index < -0.39 is 92.3 Å². The molecule has 0 aliphatic rings. The van der Waals surface area contributed by atoms with Gasteiger partial charge in [0.15, 0.2) is 46.5 Å². The highest BCUT2D eigenvalue weighted by Gasteiger charge is 2.44. The standard InChI is InChI=1S/C35H16F14/c1-5-7-15-19(23-28(38)32(42)25(35(47,48)49)33(43)29(23)39)11-10-18-17-9-8-16(14(6-2)20(17)12(3)13(4)21(15)18)22-26(36)30(40)24(34(44,45)46)31(41)27(22)37/h5-6,8-11H,1-4,7H2. The van der Waals surface area contributed by atoms with Gasteiger partial charge in [-0.05, 0) is 60.7 Å². The van der Waals surface area contributed by atoms with E-state index in [0.29, 0.717) is 0 Å². The molecule has 0 unspecified atom stereocenters. The second-order valence-corrected chi connectivity index (χ2v) is 10.6. The zero-order valence-corrected chi connectivity index (χ0v) is 24.3. The number of alkyl halides is 6. The van der Waals surface area contributed by atoms with Crippen LogP contribution in [-0.4, -0.2) is 0 Å². The van der Waals surface area contributed by atoms with Crippen LogP contribution < -0.4 is 10.4 Å². The average Bonchev–Trinajstić information content (AvgIpc) is 3.01. The van der Waals surface area contributed by atoms with E-state index in [1.165, 1.54) is 6.08 Å². The van der Waals surface area contributed by atoms with Gasteiger partial charge in [0.25, 0.3) is 0 Å². The molecule has 0 bridgehead atoms. The zero-order chi connectivity index (χ0) is 36.7. The Bertz CT molecular complexity index is 2320. The highest BCUT2D eigenvalue weighted by atomic mass is 19.4. The first-order valence-electron chi connectivity index (χ1n) is 13.5. The van der Waals surface area contributed by atoms with Gasteiger partial charge in [-0.15, -0.1) is 6.58 Å². The second-order valence-electron chi connectivity index (χ2n) is 10.6. The lowest BCUT2D eigenvalue weighted by molar-refractivity contribution is -0.144. The van der Waals surface area contributed by atoms with Crippen LogP contribution in [0.3, 0.4) is 0 Å². The van der Waals surface area contributed by atoms with Gasteiger partial charge in [-0.2, -0.15) is 26.3 Å². The maximum absolute atomic E-state index is 15.2. The summed E-state index contributed by atoms with van der Waals surface area (Å²) in [4.78, 5) is 0. The van der Waals surface area contributed by atoms with Crippen LogP contribution in [0.15, 0.2) is 43.5 Å². The van der Waals surface area contributed by atoms with Crippen LogP contribution >= 0.6 is 0 Å². The molecule has 0 fully saturated rings. The second kappa shape index (κ2) is 11.8. The van der Waals surface area contributed by atoms with Gasteiger partial charge in [-0.1, -0.05) is 56.2 Å². The van der Waals surface area contributed by atoms with Crippen LogP contribution in [0.4, 0.5) is 61.5 Å². The van der Waals surface area contributed by atoms with E-state index in [1.807, 2.05) is 0 Å². The molecule has 5 aromatic rings. The number of allylic oxidation sites excluding steroid dienone is 1. The summed E-state index contributed by atoms with van der Waals surface area (Å²) in [5.74, 6) is -20.3. The maximum Gasteiger partial charge on any atom is 0.422 e. The molecule has 0 spiro atoms. The number of fused-ring (bicyclic) bond motifs is 3. The number of benzene rings is 5. The third-order valence-corrected chi connectivity index (χ3v) is 8.00. The molecule has 0 saturated carbocycles. The van der Waals surface area contributed by atoms with Crippen LogP contribution in [0.5, 0.6) is 0 Å². The summed E-state index contributed by atoms with van der Waals surface area (Å²) in [7, 11) is 0. The van der Waals surface area contributed by atoms with Crippen molar-refractivity contribution in [3.63, 3.8) is 0 Å². The summed E-state index contributed by atoms with van der Waals surface area (Å²) in [6.45, 7) is 14.8. The van der Waals surface area contributed by atoms with Crippen LogP contribution in [0.25, 0.3) is 63.0 Å². The van der Waals surface area contributed by atoms with E-state index in [4.69, 9.17) is 0 Å². The molecule has 0 N–H and O–H groups in total. The molecule has 49 heavy (non-hydrogen) atoms. The Balaban J connectivity index is 1.92. The highest BCUT2D eigenvalue weighted by Crippen LogP contribution is 2.44. The third-order valence-electron chi connectivity index (χ3n) is 8.00. The van der Waals surface area contributed by atoms with E-state index in [2.05, 4.69) is 26.3 Å². The van der Waals surface area contributed by atoms with Crippen LogP contribution in [-0.2, 0) is 18.8 Å². The zero-order valence-electron chi connectivity index (χ0n) is 24.3. The molecule has 0 radical (unpaired) electrons. The molecule has 14 heteroatoms. The molecular weight excluding hydrogens is 686 g/mol. The quantitative estimate of drug-likeness (QED) is 0.0741. The third kappa shape index (κ3) is 5.15. The average molecular weight is 702 g/mol. The van der Waals surface area contributed by atoms with Crippen molar-refractivity contribution in [1.29, 1.82) is 0 Å². The lowest BCUT2D eigenvalue weighted by Crippen LogP contribution is -2.25. The summed E-state index contributed by atoms with van der Waals surface area (Å²) in [6, 6.07) is 4.08. The van der Waals surface area contributed by atoms with Gasteiger partial charge in [0, 0.05) is 0 Å². The maximum atomic E-state index is 15.2. The molecule has 0 atom stereocenters. The van der Waals surface area contributed by atoms with Crippen molar-refractivity contribution < 1.29 is 61.5 Å². The molecule has 0 aliphatic carbocycles. The van der Waals surface area contributed by atoms with Gasteiger partial charge in [-0.3, -0.25) is 0 Å². The van der Waals surface area contributed by atoms with E-state index in [9.17, 15) is 43.9 Å². The smallest absolute Gasteiger partial charge is 0.203 e. The van der Waals surface area contributed by atoms with E-state index in [0.717, 1.165) is 30.3 Å². The summed E-state index contributed by atoms with van der Waals surface area (Å²) in [6.07, 6.45) is -9.77. The van der Waals surface area contributed by atoms with Gasteiger partial charge >= 0.3 is 12.4 Å². The van der Waals surface area contributed by atoms with Crippen molar-refractivity contribution in [2.45, 2.75) is 18.8 Å². The topological polar surface area (TPSA) is 0 Å². The monoisotopic (exact) mass is 702 g/mol. The predicted molar refractivity (Wildman–Crippen MR) is 156 cm³/mol. The molecule has 5 aromatic carbocycles. The summed E-state index contributed by atoms with van der Waals surface area (Å²) in [5, 5.41) is -0.0711. The summed E-state index contributed by atoms with van der Waals surface area (Å²) < 4.78 is 198. The van der Waals surface area contributed by atoms with Gasteiger partial charge < -0.3 is 0 Å². The first-order chi connectivity index (χ1) is 22.7. The molecule has 254 valence electrons. The van der Waals surface area contributed by atoms with Crippen molar-refractivity contribution in [2.75, 3.05) is 0 Å². The van der Waals surface area contributed by atoms with Crippen LogP contribution in [0, 0.1) is 46.5 Å². The number of hydrogen-bond donors (Lipinski definition) is 0. The molecule has 0 aromatic heterocycles. The lowest BCUT2D eigenvalue weighted by atomic mass is 9.85. The molecule has 0 aliphatic heterocycles. The van der Waals surface area contributed by atoms with Crippen LogP contribution in [0.2, 0.25) is 0 Å². The predicted octanol–water partition coefficient (Wildman–Crippen LogP) is 10.7. The Morgan fingerprint density at radius 2 is 0.878 bits per heavy atom. The molecule has 0 nitrogen and oxygen atoms in total. The Labute approximate surface area is 266 Å². The summed E-state index contributed by atoms with van der Waals surface area (Å²) >= 11 is 0. The minimum atomic E-state index is -5.80. The minimum absolute atomic E-state index is 0.00107. The summed E-state index contributed by atoms with van der Waals surface area (Å²) in [5.41, 5.74) is -10.3. The number of hydrogen-bond acceptors (Lipinski definition) is 0. The van der Waals surface area contributed by atoms with E-state index in [-0.39, 0.29) is 49.5 Å². The fourth-order valence-corrected chi connectivity index (χ4v) is 5.94. The Hall–Kier alpha value is -5.14. The largest absolute Gasteiger partial charge is 0.422 e. The van der Waals surface area contributed by atoms with Crippen molar-refractivity contribution in [3.8, 4) is 22.3 Å². The first-order valence-corrected chi connectivity index (χ1v) is 13.5. The fraction of sp³-hybridized carbons (Fsp3) is 0.0857. The van der Waals surface area contributed by atoms with Crippen molar-refractivity contribution in [1.82, 2.24) is 0 Å². The van der Waals surface area contributed by atoms with Crippen molar-refractivity contribution >= 4 is 40.8 Å². The number of rotatable bonds is 5. The van der Waals surface area contributed by atoms with Gasteiger partial charge in [-0.25, -0.2) is 35.1 Å². The van der Waals surface area contributed by atoms with Crippen LogP contribution in [0.1, 0.15) is 22.3 Å². The highest BCUT2D eigenvalue weighted by molar-refractivity contribution is 6.14. The number of halogens is 14. The fourth-order valence-electron chi connectivity index (χ4n) is 5.94. The minimum Gasteiger partial charge on any atom is -0.203 e. The molecule has 0 saturated heterocycles. The molecular formula is C35H16F14. The van der Waals surface area contributed by atoms with Gasteiger partial charge in [0.1, 0.15) is 11.1 Å². The van der Waals surface area contributed by atoms with Gasteiger partial charge in [0.05, 0.1) is 11.1 Å². The normalized spacial score (nSPS) is 12.3. The van der Waals surface area contributed by atoms with Crippen molar-refractivity contribution in [3.05, 3.63) is 123 Å².